The topological polar surface area (TPSA) is 38.7 Å². The van der Waals surface area contributed by atoms with Gasteiger partial charge in [0.05, 0.1) is 4.88 Å². The van der Waals surface area contributed by atoms with Crippen LogP contribution in [0.3, 0.4) is 0 Å². The number of aryl methyl sites for hydroxylation is 2. The van der Waals surface area contributed by atoms with Gasteiger partial charge in [0.2, 0.25) is 5.90 Å². The third-order valence-electron chi connectivity index (χ3n) is 3.08. The maximum atomic E-state index is 11.9. The summed E-state index contributed by atoms with van der Waals surface area (Å²) in [6, 6.07) is 9.91. The molecule has 0 bridgehead atoms. The second-order valence-electron chi connectivity index (χ2n) is 4.67. The van der Waals surface area contributed by atoms with Gasteiger partial charge in [-0.2, -0.15) is 0 Å². The third kappa shape index (κ3) is 2.42. The summed E-state index contributed by atoms with van der Waals surface area (Å²) in [4.78, 5) is 17.0. The van der Waals surface area contributed by atoms with E-state index in [-0.39, 0.29) is 0 Å². The van der Waals surface area contributed by atoms with E-state index in [0.717, 1.165) is 21.6 Å². The molecule has 0 unspecified atom stereocenters. The molecule has 1 aliphatic heterocycles. The van der Waals surface area contributed by atoms with Crippen molar-refractivity contribution in [3.63, 3.8) is 0 Å². The molecule has 1 aromatic heterocycles. The van der Waals surface area contributed by atoms with Crippen LogP contribution in [0.5, 0.6) is 0 Å². The van der Waals surface area contributed by atoms with Crippen molar-refractivity contribution in [1.29, 1.82) is 0 Å². The number of cyclic esters (lactones) is 1. The Labute approximate surface area is 121 Å². The van der Waals surface area contributed by atoms with Crippen LogP contribution in [-0.2, 0) is 9.53 Å². The molecule has 0 fully saturated rings. The van der Waals surface area contributed by atoms with E-state index in [4.69, 9.17) is 4.74 Å². The van der Waals surface area contributed by atoms with Gasteiger partial charge in [0.25, 0.3) is 0 Å². The van der Waals surface area contributed by atoms with Crippen LogP contribution in [0, 0.1) is 13.8 Å². The van der Waals surface area contributed by atoms with Gasteiger partial charge in [-0.1, -0.05) is 29.8 Å². The van der Waals surface area contributed by atoms with Gasteiger partial charge in [-0.3, -0.25) is 0 Å². The number of hydrogen-bond acceptors (Lipinski definition) is 4. The fraction of sp³-hybridized carbons (Fsp3) is 0.125. The lowest BCUT2D eigenvalue weighted by Crippen LogP contribution is -2.03. The Bertz CT molecular complexity index is 727. The minimum atomic E-state index is -0.394. The van der Waals surface area contributed by atoms with E-state index in [1.54, 1.807) is 6.08 Å². The molecule has 0 aliphatic carbocycles. The average Bonchev–Trinajstić information content (AvgIpc) is 3.04. The molecule has 0 saturated carbocycles. The van der Waals surface area contributed by atoms with Crippen molar-refractivity contribution in [2.75, 3.05) is 0 Å². The summed E-state index contributed by atoms with van der Waals surface area (Å²) >= 11 is 1.50. The average molecular weight is 283 g/mol. The van der Waals surface area contributed by atoms with Crippen molar-refractivity contribution >= 4 is 29.3 Å². The zero-order valence-electron chi connectivity index (χ0n) is 11.2. The van der Waals surface area contributed by atoms with Crippen LogP contribution < -0.4 is 0 Å². The highest BCUT2D eigenvalue weighted by atomic mass is 32.1. The zero-order valence-corrected chi connectivity index (χ0v) is 12.0. The molecule has 0 spiro atoms. The highest BCUT2D eigenvalue weighted by Crippen LogP contribution is 2.22. The van der Waals surface area contributed by atoms with E-state index < -0.39 is 5.97 Å². The van der Waals surface area contributed by atoms with Crippen LogP contribution in [0.1, 0.15) is 21.6 Å². The Hall–Kier alpha value is -2.20. The smallest absolute Gasteiger partial charge is 0.363 e. The minimum absolute atomic E-state index is 0.349. The number of thiophene rings is 1. The molecule has 100 valence electrons. The van der Waals surface area contributed by atoms with Crippen LogP contribution in [0.2, 0.25) is 0 Å². The van der Waals surface area contributed by atoms with Crippen LogP contribution in [-0.4, -0.2) is 11.9 Å². The molecule has 1 aromatic carbocycles. The number of ether oxygens (including phenoxy) is 1. The minimum Gasteiger partial charge on any atom is -0.401 e. The van der Waals surface area contributed by atoms with E-state index in [1.807, 2.05) is 49.6 Å². The molecule has 0 N–H and O–H groups in total. The largest absolute Gasteiger partial charge is 0.401 e. The van der Waals surface area contributed by atoms with Gasteiger partial charge < -0.3 is 4.74 Å². The number of carbonyl (C=O) groups excluding carboxylic acids is 1. The number of nitrogens with zero attached hydrogens (tertiary/aromatic N) is 1. The van der Waals surface area contributed by atoms with Crippen LogP contribution in [0.25, 0.3) is 6.08 Å². The molecule has 2 heterocycles. The van der Waals surface area contributed by atoms with Crippen LogP contribution in [0.4, 0.5) is 0 Å². The molecular formula is C16H13NO2S. The molecule has 3 rings (SSSR count). The summed E-state index contributed by atoms with van der Waals surface area (Å²) in [5, 5.41) is 1.93. The molecule has 1 aliphatic rings. The quantitative estimate of drug-likeness (QED) is 0.622. The fourth-order valence-corrected chi connectivity index (χ4v) is 2.63. The molecular weight excluding hydrogens is 270 g/mol. The van der Waals surface area contributed by atoms with Crippen molar-refractivity contribution in [2.24, 2.45) is 4.99 Å². The molecule has 0 saturated heterocycles. The van der Waals surface area contributed by atoms with Gasteiger partial charge >= 0.3 is 5.97 Å². The molecule has 0 radical (unpaired) electrons. The molecule has 2 aromatic rings. The van der Waals surface area contributed by atoms with Gasteiger partial charge in [0.15, 0.2) is 5.70 Å². The second-order valence-corrected chi connectivity index (χ2v) is 5.62. The molecule has 3 nitrogen and oxygen atoms in total. The van der Waals surface area contributed by atoms with Crippen molar-refractivity contribution in [3.8, 4) is 0 Å². The summed E-state index contributed by atoms with van der Waals surface area (Å²) in [5.41, 5.74) is 3.60. The van der Waals surface area contributed by atoms with Crippen molar-refractivity contribution in [3.05, 3.63) is 63.0 Å². The van der Waals surface area contributed by atoms with Gasteiger partial charge in [-0.15, -0.1) is 11.3 Å². The lowest BCUT2D eigenvalue weighted by Gasteiger charge is -2.01. The van der Waals surface area contributed by atoms with Crippen molar-refractivity contribution in [2.45, 2.75) is 13.8 Å². The monoisotopic (exact) mass is 283 g/mol. The zero-order chi connectivity index (χ0) is 14.1. The highest BCUT2D eigenvalue weighted by Gasteiger charge is 2.24. The third-order valence-corrected chi connectivity index (χ3v) is 3.94. The fourth-order valence-electron chi connectivity index (χ4n) is 1.98. The number of esters is 1. The summed E-state index contributed by atoms with van der Waals surface area (Å²) in [7, 11) is 0. The van der Waals surface area contributed by atoms with Crippen LogP contribution >= 0.6 is 11.3 Å². The molecule has 0 amide bonds. The lowest BCUT2D eigenvalue weighted by molar-refractivity contribution is -0.129. The van der Waals surface area contributed by atoms with Crippen LogP contribution in [0.15, 0.2) is 46.4 Å². The second kappa shape index (κ2) is 5.06. The number of aliphatic imine (C=N–C) groups is 1. The van der Waals surface area contributed by atoms with Gasteiger partial charge in [-0.05, 0) is 42.5 Å². The van der Waals surface area contributed by atoms with E-state index in [2.05, 4.69) is 4.99 Å². The Morgan fingerprint density at radius 2 is 2.10 bits per heavy atom. The maximum absolute atomic E-state index is 11.9. The molecule has 0 atom stereocenters. The molecule has 4 heteroatoms. The maximum Gasteiger partial charge on any atom is 0.363 e. The first-order chi connectivity index (χ1) is 9.63. The Morgan fingerprint density at radius 1 is 1.25 bits per heavy atom. The standard InChI is InChI=1S/C16H13NO2S/c1-10-5-6-11(2)12(8-10)9-13-16(18)19-15(17-13)14-4-3-7-20-14/h3-9H,1-2H3/b13-9-. The molecule has 20 heavy (non-hydrogen) atoms. The Morgan fingerprint density at radius 3 is 2.85 bits per heavy atom. The first-order valence-electron chi connectivity index (χ1n) is 6.27. The number of benzene rings is 1. The summed E-state index contributed by atoms with van der Waals surface area (Å²) in [6.45, 7) is 4.03. The first kappa shape index (κ1) is 12.8. The lowest BCUT2D eigenvalue weighted by atomic mass is 10.0. The van der Waals surface area contributed by atoms with Crippen molar-refractivity contribution < 1.29 is 9.53 Å². The van der Waals surface area contributed by atoms with E-state index in [9.17, 15) is 4.79 Å². The Kier molecular flexibility index (Phi) is 3.24. The first-order valence-corrected chi connectivity index (χ1v) is 7.15. The van der Waals surface area contributed by atoms with Crippen molar-refractivity contribution in [1.82, 2.24) is 0 Å². The Balaban J connectivity index is 1.99. The highest BCUT2D eigenvalue weighted by molar-refractivity contribution is 7.12. The number of rotatable bonds is 2. The predicted molar refractivity (Wildman–Crippen MR) is 80.8 cm³/mol. The summed E-state index contributed by atoms with van der Waals surface area (Å²) in [6.07, 6.45) is 1.78. The van der Waals surface area contributed by atoms with E-state index >= 15 is 0 Å². The SMILES string of the molecule is Cc1ccc(C)c(/C=C2\N=C(c3cccs3)OC2=O)c1. The number of carbonyl (C=O) groups is 1. The summed E-state index contributed by atoms with van der Waals surface area (Å²) < 4.78 is 5.21. The normalized spacial score (nSPS) is 16.4. The number of hydrogen-bond donors (Lipinski definition) is 0. The summed E-state index contributed by atoms with van der Waals surface area (Å²) in [5.74, 6) is -0.00383. The van der Waals surface area contributed by atoms with Gasteiger partial charge in [0.1, 0.15) is 0 Å². The van der Waals surface area contributed by atoms with Gasteiger partial charge in [-0.25, -0.2) is 9.79 Å². The van der Waals surface area contributed by atoms with Gasteiger partial charge in [0, 0.05) is 0 Å². The predicted octanol–water partition coefficient (Wildman–Crippen LogP) is 3.71. The van der Waals surface area contributed by atoms with E-state index in [0.29, 0.717) is 11.6 Å². The van der Waals surface area contributed by atoms with E-state index in [1.165, 1.54) is 11.3 Å².